The molecule has 0 spiro atoms. The first kappa shape index (κ1) is 23.3. The Balaban J connectivity index is 1.67. The summed E-state index contributed by atoms with van der Waals surface area (Å²) < 4.78 is 0. The van der Waals surface area contributed by atoms with Gasteiger partial charge in [-0.1, -0.05) is 26.0 Å². The molecule has 4 rings (SSSR count). The van der Waals surface area contributed by atoms with E-state index in [-0.39, 0.29) is 18.4 Å². The molecule has 0 fully saturated rings. The number of rotatable bonds is 8. The number of fused-ring (bicyclic) bond motifs is 2. The zero-order valence-electron chi connectivity index (χ0n) is 19.8. The van der Waals surface area contributed by atoms with Gasteiger partial charge in [-0.05, 0) is 62.5 Å². The molecule has 2 aliphatic heterocycles. The third-order valence-electron chi connectivity index (χ3n) is 6.89. The topological polar surface area (TPSA) is 88.7 Å². The molecule has 0 aliphatic carbocycles. The van der Waals surface area contributed by atoms with Gasteiger partial charge in [-0.15, -0.1) is 0 Å². The summed E-state index contributed by atoms with van der Waals surface area (Å²) in [6, 6.07) is 5.71. The van der Waals surface area contributed by atoms with Crippen molar-refractivity contribution in [2.75, 3.05) is 44.6 Å². The van der Waals surface area contributed by atoms with Crippen LogP contribution in [0, 0.1) is 6.92 Å². The highest BCUT2D eigenvalue weighted by Gasteiger charge is 2.30. The lowest BCUT2D eigenvalue weighted by atomic mass is 9.97. The Morgan fingerprint density at radius 2 is 1.97 bits per heavy atom. The van der Waals surface area contributed by atoms with Crippen LogP contribution in [0.4, 0.5) is 5.69 Å². The number of aliphatic hydroxyl groups is 1. The lowest BCUT2D eigenvalue weighted by molar-refractivity contribution is -0.110. The molecule has 0 saturated heterocycles. The second-order valence-electron chi connectivity index (χ2n) is 8.77. The van der Waals surface area contributed by atoms with Gasteiger partial charge in [0.05, 0.1) is 11.1 Å². The second kappa shape index (κ2) is 9.93. The summed E-state index contributed by atoms with van der Waals surface area (Å²) in [7, 11) is 0. The number of carbonyl (C=O) groups excluding carboxylic acids is 2. The standard InChI is InChI=1S/C26H34N4O3/c1-4-29(5-2)13-14-30-12-7-10-20-23(26(30)33)17(3)22(27-20)16-19-24-18(11-15-31)8-6-9-21(24)28-25(19)32/h6,8-9,16,27,31H,4-5,7,10-15H2,1-3H3,(H,28,32)/b19-16-. The van der Waals surface area contributed by atoms with Gasteiger partial charge in [-0.3, -0.25) is 9.59 Å². The minimum atomic E-state index is -0.160. The van der Waals surface area contributed by atoms with Crippen LogP contribution < -0.4 is 5.32 Å². The zero-order chi connectivity index (χ0) is 23.5. The van der Waals surface area contributed by atoms with Crippen molar-refractivity contribution in [3.05, 3.63) is 51.8 Å². The van der Waals surface area contributed by atoms with Crippen LogP contribution >= 0.6 is 0 Å². The maximum Gasteiger partial charge on any atom is 0.256 e. The van der Waals surface area contributed by atoms with Crippen molar-refractivity contribution < 1.29 is 14.7 Å². The number of likely N-dealkylation sites (N-methyl/N-ethyl adjacent to an activating group) is 1. The number of aromatic nitrogens is 1. The summed E-state index contributed by atoms with van der Waals surface area (Å²) in [5, 5.41) is 12.4. The highest BCUT2D eigenvalue weighted by molar-refractivity contribution is 6.35. The van der Waals surface area contributed by atoms with Crippen LogP contribution in [0.15, 0.2) is 18.2 Å². The fourth-order valence-electron chi connectivity index (χ4n) is 4.96. The van der Waals surface area contributed by atoms with E-state index in [0.29, 0.717) is 12.0 Å². The fraction of sp³-hybridized carbons (Fsp3) is 0.462. The lowest BCUT2D eigenvalue weighted by Gasteiger charge is -2.25. The van der Waals surface area contributed by atoms with Crippen LogP contribution in [0.5, 0.6) is 0 Å². The Bertz CT molecular complexity index is 1080. The molecule has 1 aromatic carbocycles. The Hall–Kier alpha value is -2.90. The molecule has 0 atom stereocenters. The molecule has 2 aromatic rings. The monoisotopic (exact) mass is 450 g/mol. The van der Waals surface area contributed by atoms with Gasteiger partial charge in [0.1, 0.15) is 0 Å². The molecule has 0 unspecified atom stereocenters. The minimum absolute atomic E-state index is 0.0194. The highest BCUT2D eigenvalue weighted by atomic mass is 16.3. The number of H-pyrrole nitrogens is 1. The lowest BCUT2D eigenvalue weighted by Crippen LogP contribution is -2.38. The van der Waals surface area contributed by atoms with E-state index >= 15 is 0 Å². The van der Waals surface area contributed by atoms with Crippen LogP contribution in [0.1, 0.15) is 58.7 Å². The third kappa shape index (κ3) is 4.48. The third-order valence-corrected chi connectivity index (χ3v) is 6.89. The van der Waals surface area contributed by atoms with Gasteiger partial charge >= 0.3 is 0 Å². The average Bonchev–Trinajstić information content (AvgIpc) is 3.23. The van der Waals surface area contributed by atoms with Crippen molar-refractivity contribution in [3.63, 3.8) is 0 Å². The summed E-state index contributed by atoms with van der Waals surface area (Å²) in [6.07, 6.45) is 4.07. The zero-order valence-corrected chi connectivity index (χ0v) is 19.8. The predicted molar refractivity (Wildman–Crippen MR) is 131 cm³/mol. The number of amides is 2. The van der Waals surface area contributed by atoms with Crippen molar-refractivity contribution >= 4 is 29.2 Å². The number of nitrogens with zero attached hydrogens (tertiary/aromatic N) is 2. The van der Waals surface area contributed by atoms with E-state index in [1.807, 2.05) is 36.1 Å². The van der Waals surface area contributed by atoms with Crippen molar-refractivity contribution in [1.29, 1.82) is 0 Å². The Morgan fingerprint density at radius 3 is 2.70 bits per heavy atom. The van der Waals surface area contributed by atoms with Gasteiger partial charge < -0.3 is 25.2 Å². The molecule has 7 heteroatoms. The number of hydrogen-bond acceptors (Lipinski definition) is 4. The van der Waals surface area contributed by atoms with E-state index in [4.69, 9.17) is 0 Å². The minimum Gasteiger partial charge on any atom is -0.396 e. The SMILES string of the molecule is CCN(CC)CCN1CCCc2[nH]c(/C=C3\C(=O)Nc4cccc(CCO)c43)c(C)c2C1=O. The van der Waals surface area contributed by atoms with E-state index in [1.165, 1.54) is 0 Å². The number of anilines is 1. The van der Waals surface area contributed by atoms with Gasteiger partial charge in [-0.25, -0.2) is 0 Å². The highest BCUT2D eigenvalue weighted by Crippen LogP contribution is 2.37. The van der Waals surface area contributed by atoms with E-state index < -0.39 is 0 Å². The smallest absolute Gasteiger partial charge is 0.256 e. The molecule has 3 heterocycles. The number of aromatic amines is 1. The number of benzene rings is 1. The predicted octanol–water partition coefficient (Wildman–Crippen LogP) is 3.08. The molecule has 7 nitrogen and oxygen atoms in total. The Labute approximate surface area is 195 Å². The molecular formula is C26H34N4O3. The largest absolute Gasteiger partial charge is 0.396 e. The van der Waals surface area contributed by atoms with Crippen molar-refractivity contribution in [3.8, 4) is 0 Å². The quantitative estimate of drug-likeness (QED) is 0.540. The number of carbonyl (C=O) groups is 2. The van der Waals surface area contributed by atoms with Gasteiger partial charge in [0.2, 0.25) is 0 Å². The number of hydrogen-bond donors (Lipinski definition) is 3. The molecule has 0 bridgehead atoms. The number of aliphatic hydroxyl groups excluding tert-OH is 1. The molecule has 0 radical (unpaired) electrons. The summed E-state index contributed by atoms with van der Waals surface area (Å²) >= 11 is 0. The number of nitrogens with one attached hydrogen (secondary N) is 2. The van der Waals surface area contributed by atoms with Crippen LogP contribution in [0.25, 0.3) is 11.6 Å². The molecule has 2 aliphatic rings. The Morgan fingerprint density at radius 1 is 1.18 bits per heavy atom. The van der Waals surface area contributed by atoms with E-state index in [0.717, 1.165) is 84.9 Å². The second-order valence-corrected chi connectivity index (χ2v) is 8.77. The molecule has 1 aromatic heterocycles. The summed E-state index contributed by atoms with van der Waals surface area (Å²) in [5.74, 6) is -0.0861. The van der Waals surface area contributed by atoms with Gasteiger partial charge in [0.25, 0.3) is 11.8 Å². The maximum absolute atomic E-state index is 13.5. The molecule has 3 N–H and O–H groups in total. The molecule has 0 saturated carbocycles. The maximum atomic E-state index is 13.5. The van der Waals surface area contributed by atoms with Gasteiger partial charge in [-0.2, -0.15) is 0 Å². The van der Waals surface area contributed by atoms with E-state index in [9.17, 15) is 14.7 Å². The first-order valence-corrected chi connectivity index (χ1v) is 12.0. The van der Waals surface area contributed by atoms with Gasteiger partial charge in [0, 0.05) is 48.9 Å². The normalized spacial score (nSPS) is 16.9. The van der Waals surface area contributed by atoms with E-state index in [2.05, 4.69) is 29.0 Å². The van der Waals surface area contributed by atoms with Gasteiger partial charge in [0.15, 0.2) is 0 Å². The van der Waals surface area contributed by atoms with Crippen LogP contribution in [-0.4, -0.2) is 71.0 Å². The van der Waals surface area contributed by atoms with Crippen molar-refractivity contribution in [2.45, 2.75) is 40.0 Å². The first-order chi connectivity index (χ1) is 16.0. The summed E-state index contributed by atoms with van der Waals surface area (Å²) in [6.45, 7) is 10.6. The molecule has 176 valence electrons. The summed E-state index contributed by atoms with van der Waals surface area (Å²) in [4.78, 5) is 34.0. The first-order valence-electron chi connectivity index (χ1n) is 12.0. The summed E-state index contributed by atoms with van der Waals surface area (Å²) in [5.41, 5.74) is 6.50. The van der Waals surface area contributed by atoms with Crippen LogP contribution in [0.2, 0.25) is 0 Å². The average molecular weight is 451 g/mol. The van der Waals surface area contributed by atoms with Crippen molar-refractivity contribution in [2.24, 2.45) is 0 Å². The van der Waals surface area contributed by atoms with Crippen LogP contribution in [0.3, 0.4) is 0 Å². The molecule has 2 amide bonds. The fourth-order valence-corrected chi connectivity index (χ4v) is 4.96. The molecular weight excluding hydrogens is 416 g/mol. The Kier molecular flexibility index (Phi) is 7.00. The molecule has 33 heavy (non-hydrogen) atoms. The van der Waals surface area contributed by atoms with Crippen LogP contribution in [-0.2, 0) is 17.6 Å². The van der Waals surface area contributed by atoms with E-state index in [1.54, 1.807) is 0 Å². The van der Waals surface area contributed by atoms with Crippen molar-refractivity contribution in [1.82, 2.24) is 14.8 Å². The number of aryl methyl sites for hydroxylation is 1.